The molecule has 0 saturated carbocycles. The van der Waals surface area contributed by atoms with Gasteiger partial charge in [-0.05, 0) is 26.2 Å². The fourth-order valence-electron chi connectivity index (χ4n) is 2.04. The Bertz CT molecular complexity index is 648. The fraction of sp³-hybridized carbons (Fsp3) is 0.357. The first-order valence-electron chi connectivity index (χ1n) is 6.57. The lowest BCUT2D eigenvalue weighted by Gasteiger charge is -2.25. The van der Waals surface area contributed by atoms with Crippen LogP contribution < -0.4 is 5.32 Å². The first kappa shape index (κ1) is 17.6. The lowest BCUT2D eigenvalue weighted by Crippen LogP contribution is -2.28. The second-order valence-electron chi connectivity index (χ2n) is 5.02. The summed E-state index contributed by atoms with van der Waals surface area (Å²) in [4.78, 5) is 4.38. The van der Waals surface area contributed by atoms with Gasteiger partial charge in [-0.25, -0.2) is 13.8 Å². The van der Waals surface area contributed by atoms with E-state index >= 15 is 0 Å². The minimum absolute atomic E-state index is 0.00959. The van der Waals surface area contributed by atoms with E-state index in [1.165, 1.54) is 6.07 Å². The molecule has 0 aliphatic rings. The van der Waals surface area contributed by atoms with E-state index in [1.54, 1.807) is 19.0 Å². The summed E-state index contributed by atoms with van der Waals surface area (Å²) in [5.41, 5.74) is -0.141. The lowest BCUT2D eigenvalue weighted by molar-refractivity contribution is -0.134. The summed E-state index contributed by atoms with van der Waals surface area (Å²) in [6, 6.07) is 2.83. The third kappa shape index (κ3) is 4.17. The van der Waals surface area contributed by atoms with Gasteiger partial charge in [-0.1, -0.05) is 17.4 Å². The third-order valence-electron chi connectivity index (χ3n) is 3.19. The fourth-order valence-corrected chi connectivity index (χ4v) is 2.73. The lowest BCUT2D eigenvalue weighted by atomic mass is 10.0. The van der Waals surface area contributed by atoms with Crippen molar-refractivity contribution in [2.75, 3.05) is 26.0 Å². The van der Waals surface area contributed by atoms with Crippen molar-refractivity contribution in [3.8, 4) is 0 Å². The molecule has 2 aromatic rings. The monoisotopic (exact) mass is 351 g/mol. The van der Waals surface area contributed by atoms with Gasteiger partial charge in [0.25, 0.3) is 0 Å². The number of nitrogens with zero attached hydrogens (tertiary/aromatic N) is 2. The molecule has 9 heteroatoms. The van der Waals surface area contributed by atoms with Gasteiger partial charge in [0.15, 0.2) is 5.13 Å². The maximum Gasteiger partial charge on any atom is 0.427 e. The number of halogens is 5. The van der Waals surface area contributed by atoms with Gasteiger partial charge in [-0.15, -0.1) is 0 Å². The van der Waals surface area contributed by atoms with Crippen LogP contribution in [0.15, 0.2) is 24.4 Å². The van der Waals surface area contributed by atoms with E-state index in [2.05, 4.69) is 10.3 Å². The van der Waals surface area contributed by atoms with Gasteiger partial charge in [-0.3, -0.25) is 0 Å². The molecule has 0 radical (unpaired) electrons. The number of hydrogen-bond donors (Lipinski definition) is 1. The number of hydrogen-bond acceptors (Lipinski definition) is 4. The summed E-state index contributed by atoms with van der Waals surface area (Å²) >= 11 is 0.444. The Labute approximate surface area is 133 Å². The van der Waals surface area contributed by atoms with Gasteiger partial charge in [0, 0.05) is 12.1 Å². The van der Waals surface area contributed by atoms with Crippen LogP contribution in [0.2, 0.25) is 0 Å². The summed E-state index contributed by atoms with van der Waals surface area (Å²) in [6.45, 7) is 0.00959. The van der Waals surface area contributed by atoms with Crippen molar-refractivity contribution in [3.63, 3.8) is 0 Å². The highest BCUT2D eigenvalue weighted by atomic mass is 32.1. The SMILES string of the molecule is CN(C)C(CNc1ncc(C(F)(F)F)s1)c1c(F)cccc1F. The van der Waals surface area contributed by atoms with Gasteiger partial charge in [0.2, 0.25) is 0 Å². The Balaban J connectivity index is 2.17. The number of thiazole rings is 1. The van der Waals surface area contributed by atoms with Crippen molar-refractivity contribution >= 4 is 16.5 Å². The Morgan fingerprint density at radius 1 is 1.22 bits per heavy atom. The molecule has 1 atom stereocenters. The molecule has 1 aromatic heterocycles. The predicted molar refractivity (Wildman–Crippen MR) is 78.4 cm³/mol. The smallest absolute Gasteiger partial charge is 0.360 e. The highest BCUT2D eigenvalue weighted by molar-refractivity contribution is 7.15. The Hall–Kier alpha value is -1.74. The third-order valence-corrected chi connectivity index (χ3v) is 4.19. The van der Waals surface area contributed by atoms with Crippen LogP contribution in [0.4, 0.5) is 27.1 Å². The molecule has 1 unspecified atom stereocenters. The van der Waals surface area contributed by atoms with Crippen molar-refractivity contribution in [2.24, 2.45) is 0 Å². The standard InChI is InChI=1S/C14H14F5N3S/c1-22(2)10(12-8(15)4-3-5-9(12)16)6-20-13-21-7-11(23-13)14(17,18)19/h3-5,7,10H,6H2,1-2H3,(H,20,21). The van der Waals surface area contributed by atoms with Crippen LogP contribution in [-0.2, 0) is 6.18 Å². The van der Waals surface area contributed by atoms with Crippen LogP contribution in [0.5, 0.6) is 0 Å². The number of likely N-dealkylation sites (N-methyl/N-ethyl adjacent to an activating group) is 1. The maximum absolute atomic E-state index is 13.9. The molecule has 0 aliphatic heterocycles. The molecule has 2 rings (SSSR count). The topological polar surface area (TPSA) is 28.2 Å². The summed E-state index contributed by atoms with van der Waals surface area (Å²) in [7, 11) is 3.25. The van der Waals surface area contributed by atoms with Crippen LogP contribution in [0.3, 0.4) is 0 Å². The van der Waals surface area contributed by atoms with Crippen molar-refractivity contribution in [3.05, 3.63) is 46.5 Å². The Morgan fingerprint density at radius 2 is 1.83 bits per heavy atom. The average Bonchev–Trinajstić information content (AvgIpc) is 2.90. The molecule has 3 nitrogen and oxygen atoms in total. The second kappa shape index (κ2) is 6.79. The van der Waals surface area contributed by atoms with Crippen LogP contribution >= 0.6 is 11.3 Å². The molecule has 1 aromatic carbocycles. The number of benzene rings is 1. The van der Waals surface area contributed by atoms with Gasteiger partial charge >= 0.3 is 6.18 Å². The van der Waals surface area contributed by atoms with Crippen molar-refractivity contribution in [1.29, 1.82) is 0 Å². The molecule has 126 valence electrons. The van der Waals surface area contributed by atoms with Crippen molar-refractivity contribution < 1.29 is 22.0 Å². The minimum Gasteiger partial charge on any atom is -0.360 e. The summed E-state index contributed by atoms with van der Waals surface area (Å²) in [5.74, 6) is -1.42. The average molecular weight is 351 g/mol. The van der Waals surface area contributed by atoms with E-state index in [0.717, 1.165) is 18.3 Å². The molecular formula is C14H14F5N3S. The molecule has 0 aliphatic carbocycles. The summed E-state index contributed by atoms with van der Waals surface area (Å²) < 4.78 is 65.4. The molecule has 23 heavy (non-hydrogen) atoms. The molecule has 1 N–H and O–H groups in total. The largest absolute Gasteiger partial charge is 0.427 e. The number of alkyl halides is 3. The van der Waals surface area contributed by atoms with E-state index in [4.69, 9.17) is 0 Å². The van der Waals surface area contributed by atoms with Gasteiger partial charge < -0.3 is 10.2 Å². The summed E-state index contributed by atoms with van der Waals surface area (Å²) in [6.07, 6.45) is -3.74. The first-order valence-corrected chi connectivity index (χ1v) is 7.39. The van der Waals surface area contributed by atoms with E-state index in [0.29, 0.717) is 11.3 Å². The van der Waals surface area contributed by atoms with Crippen LogP contribution in [0.1, 0.15) is 16.5 Å². The minimum atomic E-state index is -4.46. The zero-order chi connectivity index (χ0) is 17.2. The molecular weight excluding hydrogens is 337 g/mol. The van der Waals surface area contributed by atoms with Gasteiger partial charge in [-0.2, -0.15) is 13.2 Å². The molecule has 0 bridgehead atoms. The zero-order valence-electron chi connectivity index (χ0n) is 12.3. The predicted octanol–water partition coefficient (Wildman–Crippen LogP) is 4.15. The van der Waals surface area contributed by atoms with Crippen LogP contribution in [0.25, 0.3) is 0 Å². The van der Waals surface area contributed by atoms with E-state index in [1.807, 2.05) is 0 Å². The zero-order valence-corrected chi connectivity index (χ0v) is 13.1. The van der Waals surface area contributed by atoms with Gasteiger partial charge in [0.05, 0.1) is 12.2 Å². The number of nitrogens with one attached hydrogen (secondary N) is 1. The summed E-state index contributed by atoms with van der Waals surface area (Å²) in [5, 5.41) is 2.75. The molecule has 0 fully saturated rings. The Morgan fingerprint density at radius 3 is 2.30 bits per heavy atom. The van der Waals surface area contributed by atoms with Crippen molar-refractivity contribution in [2.45, 2.75) is 12.2 Å². The normalized spacial score (nSPS) is 13.4. The molecule has 1 heterocycles. The number of aromatic nitrogens is 1. The van der Waals surface area contributed by atoms with Crippen LogP contribution in [-0.4, -0.2) is 30.5 Å². The number of rotatable bonds is 5. The van der Waals surface area contributed by atoms with Crippen LogP contribution in [0, 0.1) is 11.6 Å². The maximum atomic E-state index is 13.9. The molecule has 0 saturated heterocycles. The van der Waals surface area contributed by atoms with Gasteiger partial charge in [0.1, 0.15) is 16.5 Å². The van der Waals surface area contributed by atoms with E-state index in [9.17, 15) is 22.0 Å². The molecule has 0 amide bonds. The van der Waals surface area contributed by atoms with Crippen molar-refractivity contribution in [1.82, 2.24) is 9.88 Å². The highest BCUT2D eigenvalue weighted by Crippen LogP contribution is 2.35. The van der Waals surface area contributed by atoms with E-state index in [-0.39, 0.29) is 17.2 Å². The molecule has 0 spiro atoms. The first-order chi connectivity index (χ1) is 10.7. The highest BCUT2D eigenvalue weighted by Gasteiger charge is 2.33. The quantitative estimate of drug-likeness (QED) is 0.820. The Kier molecular flexibility index (Phi) is 5.20. The number of anilines is 1. The van der Waals surface area contributed by atoms with E-state index < -0.39 is 28.7 Å². The second-order valence-corrected chi connectivity index (χ2v) is 6.05.